The molecule has 1 atom stereocenters. The Labute approximate surface area is 81.0 Å². The first-order valence-corrected chi connectivity index (χ1v) is 4.94. The smallest absolute Gasteiger partial charge is 0.0223 e. The Morgan fingerprint density at radius 2 is 2.08 bits per heavy atom. The molecular weight excluding hydrogens is 160 g/mol. The first-order chi connectivity index (χ1) is 6.09. The van der Waals surface area contributed by atoms with Crippen LogP contribution < -0.4 is 5.32 Å². The fraction of sp³-hybridized carbons (Fsp3) is 0.636. The molecule has 74 valence electrons. The van der Waals surface area contributed by atoms with Crippen molar-refractivity contribution in [1.29, 1.82) is 0 Å². The number of nitrogens with one attached hydrogen (secondary N) is 1. The third-order valence-corrected chi connectivity index (χ3v) is 2.52. The summed E-state index contributed by atoms with van der Waals surface area (Å²) in [5, 5.41) is 3.50. The lowest BCUT2D eigenvalue weighted by Gasteiger charge is -2.16. The summed E-state index contributed by atoms with van der Waals surface area (Å²) in [4.78, 5) is 0. The number of hydrogen-bond acceptors (Lipinski definition) is 1. The average molecular weight is 180 g/mol. The van der Waals surface area contributed by atoms with Crippen molar-refractivity contribution in [2.75, 3.05) is 0 Å². The van der Waals surface area contributed by atoms with E-state index in [-0.39, 0.29) is 0 Å². The van der Waals surface area contributed by atoms with Gasteiger partial charge in [0.15, 0.2) is 0 Å². The van der Waals surface area contributed by atoms with Crippen LogP contribution in [0.5, 0.6) is 0 Å². The number of aromatic nitrogens is 1. The van der Waals surface area contributed by atoms with Gasteiger partial charge in [0.2, 0.25) is 0 Å². The maximum Gasteiger partial charge on any atom is 0.0223 e. The van der Waals surface area contributed by atoms with Crippen molar-refractivity contribution in [3.63, 3.8) is 0 Å². The van der Waals surface area contributed by atoms with Gasteiger partial charge in [-0.1, -0.05) is 13.8 Å². The van der Waals surface area contributed by atoms with Gasteiger partial charge in [-0.25, -0.2) is 0 Å². The van der Waals surface area contributed by atoms with Crippen LogP contribution in [-0.2, 0) is 13.6 Å². The Bertz CT molecular complexity index is 250. The maximum atomic E-state index is 3.50. The van der Waals surface area contributed by atoms with Gasteiger partial charge in [0.05, 0.1) is 0 Å². The first kappa shape index (κ1) is 10.3. The van der Waals surface area contributed by atoms with Gasteiger partial charge in [0.1, 0.15) is 0 Å². The summed E-state index contributed by atoms with van der Waals surface area (Å²) in [5.74, 6) is 0.698. The van der Waals surface area contributed by atoms with Crippen molar-refractivity contribution < 1.29 is 0 Å². The van der Waals surface area contributed by atoms with Gasteiger partial charge in [-0.2, -0.15) is 0 Å². The molecule has 1 aromatic heterocycles. The highest BCUT2D eigenvalue weighted by atomic mass is 14.9. The van der Waals surface area contributed by atoms with Crippen LogP contribution in [0.1, 0.15) is 26.3 Å². The van der Waals surface area contributed by atoms with E-state index in [4.69, 9.17) is 0 Å². The lowest BCUT2D eigenvalue weighted by atomic mass is 10.1. The van der Waals surface area contributed by atoms with E-state index < -0.39 is 0 Å². The predicted octanol–water partition coefficient (Wildman–Crippen LogP) is 2.16. The topological polar surface area (TPSA) is 17.0 Å². The van der Waals surface area contributed by atoms with Crippen LogP contribution in [0.25, 0.3) is 0 Å². The Morgan fingerprint density at radius 1 is 1.38 bits per heavy atom. The summed E-state index contributed by atoms with van der Waals surface area (Å²) >= 11 is 0. The lowest BCUT2D eigenvalue weighted by Crippen LogP contribution is -2.29. The molecule has 0 saturated carbocycles. The molecule has 1 aromatic rings. The fourth-order valence-corrected chi connectivity index (χ4v) is 1.18. The molecule has 2 nitrogen and oxygen atoms in total. The van der Waals surface area contributed by atoms with E-state index in [0.29, 0.717) is 12.0 Å². The minimum absolute atomic E-state index is 0.584. The Kier molecular flexibility index (Phi) is 3.55. The standard InChI is InChI=1S/C11H20N2/c1-9(2)10(3)12-7-11-5-6-13(4)8-11/h5-6,8-10,12H,7H2,1-4H3. The summed E-state index contributed by atoms with van der Waals surface area (Å²) in [6.07, 6.45) is 4.23. The number of hydrogen-bond donors (Lipinski definition) is 1. The molecule has 0 aromatic carbocycles. The van der Waals surface area contributed by atoms with E-state index in [1.54, 1.807) is 0 Å². The normalized spacial score (nSPS) is 13.6. The van der Waals surface area contributed by atoms with Crippen LogP contribution in [0.2, 0.25) is 0 Å². The second-order valence-electron chi connectivity index (χ2n) is 4.10. The van der Waals surface area contributed by atoms with Gasteiger partial charge in [0.25, 0.3) is 0 Å². The van der Waals surface area contributed by atoms with Crippen molar-refractivity contribution in [1.82, 2.24) is 9.88 Å². The molecule has 0 saturated heterocycles. The molecule has 0 amide bonds. The Hall–Kier alpha value is -0.760. The molecule has 0 radical (unpaired) electrons. The molecule has 0 fully saturated rings. The van der Waals surface area contributed by atoms with Gasteiger partial charge in [0, 0.05) is 32.0 Å². The minimum Gasteiger partial charge on any atom is -0.357 e. The van der Waals surface area contributed by atoms with Gasteiger partial charge in [-0.3, -0.25) is 0 Å². The van der Waals surface area contributed by atoms with Crippen LogP contribution >= 0.6 is 0 Å². The largest absolute Gasteiger partial charge is 0.357 e. The zero-order valence-corrected chi connectivity index (χ0v) is 9.04. The van der Waals surface area contributed by atoms with Crippen LogP contribution in [-0.4, -0.2) is 10.6 Å². The van der Waals surface area contributed by atoms with Crippen molar-refractivity contribution in [2.45, 2.75) is 33.4 Å². The SMILES string of the molecule is CC(C)C(C)NCc1ccn(C)c1. The van der Waals surface area contributed by atoms with E-state index in [1.165, 1.54) is 5.56 Å². The monoisotopic (exact) mass is 180 g/mol. The van der Waals surface area contributed by atoms with Gasteiger partial charge < -0.3 is 9.88 Å². The molecule has 0 spiro atoms. The van der Waals surface area contributed by atoms with Gasteiger partial charge in [-0.05, 0) is 24.5 Å². The second kappa shape index (κ2) is 4.47. The van der Waals surface area contributed by atoms with Crippen LogP contribution in [0, 0.1) is 5.92 Å². The minimum atomic E-state index is 0.584. The molecule has 2 heteroatoms. The summed E-state index contributed by atoms with van der Waals surface area (Å²) in [6, 6.07) is 2.74. The van der Waals surface area contributed by atoms with Crippen molar-refractivity contribution in [3.05, 3.63) is 24.0 Å². The quantitative estimate of drug-likeness (QED) is 0.751. The summed E-state index contributed by atoms with van der Waals surface area (Å²) < 4.78 is 2.08. The number of nitrogens with zero attached hydrogens (tertiary/aromatic N) is 1. The zero-order valence-electron chi connectivity index (χ0n) is 9.04. The van der Waals surface area contributed by atoms with Crippen LogP contribution in [0.4, 0.5) is 0 Å². The molecule has 1 unspecified atom stereocenters. The molecule has 1 rings (SSSR count). The van der Waals surface area contributed by atoms with E-state index in [0.717, 1.165) is 6.54 Å². The third-order valence-electron chi connectivity index (χ3n) is 2.52. The van der Waals surface area contributed by atoms with Gasteiger partial charge >= 0.3 is 0 Å². The maximum absolute atomic E-state index is 3.50. The molecular formula is C11H20N2. The van der Waals surface area contributed by atoms with Gasteiger partial charge in [-0.15, -0.1) is 0 Å². The molecule has 1 N–H and O–H groups in total. The first-order valence-electron chi connectivity index (χ1n) is 4.94. The highest BCUT2D eigenvalue weighted by molar-refractivity contribution is 5.09. The highest BCUT2D eigenvalue weighted by Gasteiger charge is 2.05. The molecule has 13 heavy (non-hydrogen) atoms. The molecule has 0 aliphatic carbocycles. The number of rotatable bonds is 4. The second-order valence-corrected chi connectivity index (χ2v) is 4.10. The van der Waals surface area contributed by atoms with E-state index in [1.807, 2.05) is 0 Å². The Balaban J connectivity index is 2.35. The lowest BCUT2D eigenvalue weighted by molar-refractivity contribution is 0.426. The molecule has 0 aliphatic heterocycles. The van der Waals surface area contributed by atoms with E-state index in [9.17, 15) is 0 Å². The van der Waals surface area contributed by atoms with Crippen LogP contribution in [0.3, 0.4) is 0 Å². The van der Waals surface area contributed by atoms with Crippen LogP contribution in [0.15, 0.2) is 18.5 Å². The van der Waals surface area contributed by atoms with E-state index >= 15 is 0 Å². The summed E-state index contributed by atoms with van der Waals surface area (Å²) in [5.41, 5.74) is 1.36. The third kappa shape index (κ3) is 3.23. The molecule has 1 heterocycles. The zero-order chi connectivity index (χ0) is 9.84. The molecule has 0 aliphatic rings. The van der Waals surface area contributed by atoms with E-state index in [2.05, 4.69) is 56.2 Å². The van der Waals surface area contributed by atoms with Crippen molar-refractivity contribution >= 4 is 0 Å². The summed E-state index contributed by atoms with van der Waals surface area (Å²) in [6.45, 7) is 7.68. The number of aryl methyl sites for hydroxylation is 1. The highest BCUT2D eigenvalue weighted by Crippen LogP contribution is 2.03. The average Bonchev–Trinajstić information content (AvgIpc) is 2.47. The predicted molar refractivity (Wildman–Crippen MR) is 56.6 cm³/mol. The summed E-state index contributed by atoms with van der Waals surface area (Å²) in [7, 11) is 2.05. The Morgan fingerprint density at radius 3 is 2.54 bits per heavy atom. The van der Waals surface area contributed by atoms with Crippen molar-refractivity contribution in [3.8, 4) is 0 Å². The van der Waals surface area contributed by atoms with Crippen molar-refractivity contribution in [2.24, 2.45) is 13.0 Å². The fourth-order valence-electron chi connectivity index (χ4n) is 1.18. The molecule has 0 bridgehead atoms.